The minimum Gasteiger partial charge on any atom is -0.436 e. The van der Waals surface area contributed by atoms with Gasteiger partial charge in [0.05, 0.1) is 6.04 Å². The molecule has 2 aromatic rings. The van der Waals surface area contributed by atoms with Crippen LogP contribution in [0.2, 0.25) is 0 Å². The van der Waals surface area contributed by atoms with Crippen molar-refractivity contribution < 1.29 is 19.1 Å². The van der Waals surface area contributed by atoms with E-state index in [4.69, 9.17) is 4.74 Å². The van der Waals surface area contributed by atoms with E-state index < -0.39 is 18.2 Å². The summed E-state index contributed by atoms with van der Waals surface area (Å²) in [4.78, 5) is 42.2. The summed E-state index contributed by atoms with van der Waals surface area (Å²) in [7, 11) is 1.71. The number of ether oxygens (including phenoxy) is 1. The second kappa shape index (κ2) is 12.2. The van der Waals surface area contributed by atoms with Crippen molar-refractivity contribution in [1.29, 1.82) is 0 Å². The lowest BCUT2D eigenvalue weighted by atomic mass is 10.1. The van der Waals surface area contributed by atoms with Gasteiger partial charge in [0.2, 0.25) is 11.8 Å². The van der Waals surface area contributed by atoms with Crippen LogP contribution in [0, 0.1) is 0 Å². The van der Waals surface area contributed by atoms with E-state index in [0.29, 0.717) is 32.5 Å². The highest BCUT2D eigenvalue weighted by atomic mass is 16.6. The van der Waals surface area contributed by atoms with Crippen molar-refractivity contribution in [3.05, 3.63) is 59.7 Å². The number of amides is 3. The van der Waals surface area contributed by atoms with Gasteiger partial charge in [0, 0.05) is 37.8 Å². The molecular formula is C29H38N4O4. The van der Waals surface area contributed by atoms with Crippen LogP contribution in [0.1, 0.15) is 56.8 Å². The van der Waals surface area contributed by atoms with Crippen LogP contribution in [-0.2, 0) is 14.3 Å². The largest absolute Gasteiger partial charge is 0.436 e. The zero-order valence-corrected chi connectivity index (χ0v) is 22.0. The van der Waals surface area contributed by atoms with Crippen molar-refractivity contribution in [2.75, 3.05) is 33.2 Å². The zero-order valence-electron chi connectivity index (χ0n) is 22.0. The van der Waals surface area contributed by atoms with Crippen LogP contribution in [-0.4, -0.2) is 73.0 Å². The summed E-state index contributed by atoms with van der Waals surface area (Å²) in [6, 6.07) is 15.1. The Balaban J connectivity index is 1.36. The number of hydrogen-bond donors (Lipinski definition) is 2. The molecule has 0 bridgehead atoms. The Morgan fingerprint density at radius 1 is 1.03 bits per heavy atom. The number of carbonyl (C=O) groups excluding carboxylic acids is 3. The van der Waals surface area contributed by atoms with Crippen LogP contribution in [0.5, 0.6) is 0 Å². The first-order valence-corrected chi connectivity index (χ1v) is 13.4. The van der Waals surface area contributed by atoms with Gasteiger partial charge in [0.15, 0.2) is 6.10 Å². The van der Waals surface area contributed by atoms with Crippen LogP contribution in [0.15, 0.2) is 48.5 Å². The second-order valence-corrected chi connectivity index (χ2v) is 9.72. The Morgan fingerprint density at radius 2 is 1.65 bits per heavy atom. The van der Waals surface area contributed by atoms with Gasteiger partial charge in [0.25, 0.3) is 0 Å². The molecule has 0 saturated carbocycles. The molecule has 198 valence electrons. The number of rotatable bonds is 10. The summed E-state index contributed by atoms with van der Waals surface area (Å²) in [6.07, 6.45) is 1.87. The van der Waals surface area contributed by atoms with E-state index in [2.05, 4.69) is 10.6 Å². The fourth-order valence-electron chi connectivity index (χ4n) is 5.24. The van der Waals surface area contributed by atoms with Crippen LogP contribution in [0.25, 0.3) is 11.1 Å². The summed E-state index contributed by atoms with van der Waals surface area (Å²) < 4.78 is 5.97. The highest BCUT2D eigenvalue weighted by molar-refractivity contribution is 5.90. The third-order valence-electron chi connectivity index (χ3n) is 7.36. The predicted molar refractivity (Wildman–Crippen MR) is 143 cm³/mol. The number of hydrogen-bond acceptors (Lipinski definition) is 5. The molecule has 1 aliphatic heterocycles. The van der Waals surface area contributed by atoms with Crippen LogP contribution in [0.3, 0.4) is 0 Å². The Kier molecular flexibility index (Phi) is 8.82. The molecule has 2 aliphatic rings. The van der Waals surface area contributed by atoms with Gasteiger partial charge in [-0.25, -0.2) is 4.79 Å². The summed E-state index contributed by atoms with van der Waals surface area (Å²) >= 11 is 0. The Morgan fingerprint density at radius 3 is 2.22 bits per heavy atom. The molecule has 1 saturated heterocycles. The first-order chi connectivity index (χ1) is 17.9. The van der Waals surface area contributed by atoms with Crippen molar-refractivity contribution >= 4 is 17.9 Å². The SMILES string of the molecule is CCN(CC)C(=O)[C@H](CCCN(C)C(=O)OC1c2ccccc2-c2ccccc21)NC(=O)[C@@H]1CCCN1. The number of carbonyl (C=O) groups is 3. The normalized spacial score (nSPS) is 17.0. The molecule has 2 aromatic carbocycles. The molecule has 1 heterocycles. The average molecular weight is 507 g/mol. The minimum absolute atomic E-state index is 0.0826. The molecular weight excluding hydrogens is 468 g/mol. The Bertz CT molecular complexity index is 1070. The van der Waals surface area contributed by atoms with E-state index >= 15 is 0 Å². The summed E-state index contributed by atoms with van der Waals surface area (Å²) in [5, 5.41) is 6.15. The fourth-order valence-corrected chi connectivity index (χ4v) is 5.24. The highest BCUT2D eigenvalue weighted by Crippen LogP contribution is 2.45. The molecule has 3 amide bonds. The first-order valence-electron chi connectivity index (χ1n) is 13.4. The summed E-state index contributed by atoms with van der Waals surface area (Å²) in [5.41, 5.74) is 4.14. The molecule has 0 radical (unpaired) electrons. The maximum atomic E-state index is 13.1. The van der Waals surface area contributed by atoms with Gasteiger partial charge in [-0.3, -0.25) is 9.59 Å². The van der Waals surface area contributed by atoms with Gasteiger partial charge in [0.1, 0.15) is 6.04 Å². The van der Waals surface area contributed by atoms with Crippen LogP contribution in [0.4, 0.5) is 4.79 Å². The molecule has 4 rings (SSSR count). The third kappa shape index (κ3) is 5.96. The Labute approximate surface area is 219 Å². The van der Waals surface area contributed by atoms with E-state index in [9.17, 15) is 14.4 Å². The molecule has 37 heavy (non-hydrogen) atoms. The Hall–Kier alpha value is -3.39. The van der Waals surface area contributed by atoms with E-state index in [-0.39, 0.29) is 17.9 Å². The maximum absolute atomic E-state index is 13.1. The topological polar surface area (TPSA) is 91.0 Å². The lowest BCUT2D eigenvalue weighted by molar-refractivity contribution is -0.136. The van der Waals surface area contributed by atoms with Crippen LogP contribution < -0.4 is 10.6 Å². The van der Waals surface area contributed by atoms with Crippen molar-refractivity contribution in [2.45, 2.75) is 57.7 Å². The van der Waals surface area contributed by atoms with Gasteiger partial charge in [-0.05, 0) is 57.2 Å². The first kappa shape index (κ1) is 26.7. The number of likely N-dealkylation sites (N-methyl/N-ethyl adjacent to an activating group) is 1. The predicted octanol–water partition coefficient (Wildman–Crippen LogP) is 3.71. The molecule has 8 nitrogen and oxygen atoms in total. The van der Waals surface area contributed by atoms with E-state index in [1.807, 2.05) is 62.4 Å². The third-order valence-corrected chi connectivity index (χ3v) is 7.36. The molecule has 8 heteroatoms. The van der Waals surface area contributed by atoms with Crippen molar-refractivity contribution in [3.63, 3.8) is 0 Å². The highest BCUT2D eigenvalue weighted by Gasteiger charge is 2.32. The smallest absolute Gasteiger partial charge is 0.410 e. The number of nitrogens with one attached hydrogen (secondary N) is 2. The van der Waals surface area contributed by atoms with Crippen molar-refractivity contribution in [3.8, 4) is 11.1 Å². The fraction of sp³-hybridized carbons (Fsp3) is 0.483. The monoisotopic (exact) mass is 506 g/mol. The van der Waals surface area contributed by atoms with Gasteiger partial charge < -0.3 is 25.2 Å². The van der Waals surface area contributed by atoms with E-state index in [1.165, 1.54) is 0 Å². The van der Waals surface area contributed by atoms with E-state index in [0.717, 1.165) is 41.6 Å². The van der Waals surface area contributed by atoms with Gasteiger partial charge in [-0.1, -0.05) is 48.5 Å². The van der Waals surface area contributed by atoms with Gasteiger partial charge in [-0.15, -0.1) is 0 Å². The summed E-state index contributed by atoms with van der Waals surface area (Å²) in [6.45, 7) is 6.26. The molecule has 0 unspecified atom stereocenters. The molecule has 1 fully saturated rings. The maximum Gasteiger partial charge on any atom is 0.410 e. The standard InChI is InChI=1S/C29H38N4O4/c1-4-33(5-2)28(35)25(31-27(34)24-16-10-18-30-24)17-11-19-32(3)29(36)37-26-22-14-8-6-12-20(22)21-13-7-9-15-23(21)26/h6-9,12-15,24-26,30H,4-5,10-11,16-19H2,1-3H3,(H,31,34)/t24-,25-/m0/s1. The number of fused-ring (bicyclic) bond motifs is 3. The van der Waals surface area contributed by atoms with E-state index in [1.54, 1.807) is 16.8 Å². The van der Waals surface area contributed by atoms with Crippen molar-refractivity contribution in [2.24, 2.45) is 0 Å². The summed E-state index contributed by atoms with van der Waals surface area (Å²) in [5.74, 6) is -0.213. The molecule has 0 spiro atoms. The molecule has 2 atom stereocenters. The zero-order chi connectivity index (χ0) is 26.4. The van der Waals surface area contributed by atoms with Crippen molar-refractivity contribution in [1.82, 2.24) is 20.4 Å². The van der Waals surface area contributed by atoms with Gasteiger partial charge in [-0.2, -0.15) is 0 Å². The second-order valence-electron chi connectivity index (χ2n) is 9.72. The molecule has 1 aliphatic carbocycles. The molecule has 0 aromatic heterocycles. The lowest BCUT2D eigenvalue weighted by Crippen LogP contribution is -2.52. The minimum atomic E-state index is -0.618. The molecule has 2 N–H and O–H groups in total. The lowest BCUT2D eigenvalue weighted by Gasteiger charge is -2.27. The van der Waals surface area contributed by atoms with Crippen LogP contribution >= 0.6 is 0 Å². The quantitative estimate of drug-likeness (QED) is 0.513. The number of benzene rings is 2. The number of nitrogens with zero attached hydrogens (tertiary/aromatic N) is 2. The van der Waals surface area contributed by atoms with Gasteiger partial charge >= 0.3 is 6.09 Å². The average Bonchev–Trinajstić information content (AvgIpc) is 3.56.